The number of nitrogens with one attached hydrogen (secondary N) is 1. The average Bonchev–Trinajstić information content (AvgIpc) is 2.53. The van der Waals surface area contributed by atoms with Crippen LogP contribution < -0.4 is 5.32 Å². The first-order chi connectivity index (χ1) is 10.1. The second kappa shape index (κ2) is 6.83. The maximum Gasteiger partial charge on any atom is 0.358 e. The van der Waals surface area contributed by atoms with Gasteiger partial charge in [0.25, 0.3) is 0 Å². The molecule has 0 spiro atoms. The van der Waals surface area contributed by atoms with Crippen LogP contribution in [0.1, 0.15) is 41.4 Å². The zero-order chi connectivity index (χ0) is 15.2. The lowest BCUT2D eigenvalue weighted by Gasteiger charge is -2.08. The minimum Gasteiger partial charge on any atom is -0.464 e. The Hall–Kier alpha value is -2.43. The molecule has 1 N–H and O–H groups in total. The quantitative estimate of drug-likeness (QED) is 0.856. The number of carbonyl (C=O) groups is 1. The summed E-state index contributed by atoms with van der Waals surface area (Å²) in [6.45, 7) is 5.00. The summed E-state index contributed by atoms with van der Waals surface area (Å²) in [5.74, 6) is 0.664. The number of anilines is 1. The first-order valence-corrected chi connectivity index (χ1v) is 6.83. The van der Waals surface area contributed by atoms with Crippen molar-refractivity contribution < 1.29 is 9.53 Å². The lowest BCUT2D eigenvalue weighted by Crippen LogP contribution is -2.07. The van der Waals surface area contributed by atoms with E-state index in [1.165, 1.54) is 30.6 Å². The van der Waals surface area contributed by atoms with E-state index in [9.17, 15) is 4.79 Å². The Morgan fingerprint density at radius 1 is 1.19 bits per heavy atom. The van der Waals surface area contributed by atoms with Crippen LogP contribution in [0, 0.1) is 0 Å². The van der Waals surface area contributed by atoms with Gasteiger partial charge in [0.1, 0.15) is 5.82 Å². The number of hydrogen-bond acceptors (Lipinski definition) is 5. The number of rotatable bonds is 5. The molecule has 0 aliphatic rings. The van der Waals surface area contributed by atoms with Crippen LogP contribution in [-0.4, -0.2) is 23.0 Å². The second-order valence-electron chi connectivity index (χ2n) is 5.03. The first-order valence-electron chi connectivity index (χ1n) is 6.83. The van der Waals surface area contributed by atoms with E-state index in [0.29, 0.717) is 18.3 Å². The molecule has 0 saturated heterocycles. The Balaban J connectivity index is 1.95. The van der Waals surface area contributed by atoms with Gasteiger partial charge in [-0.05, 0) is 17.0 Å². The summed E-state index contributed by atoms with van der Waals surface area (Å²) in [5.41, 5.74) is 2.68. The molecule has 0 bridgehead atoms. The van der Waals surface area contributed by atoms with Crippen molar-refractivity contribution in [3.8, 4) is 0 Å². The molecule has 0 amide bonds. The Morgan fingerprint density at radius 3 is 2.43 bits per heavy atom. The zero-order valence-corrected chi connectivity index (χ0v) is 12.5. The summed E-state index contributed by atoms with van der Waals surface area (Å²) in [5, 5.41) is 3.17. The van der Waals surface area contributed by atoms with Gasteiger partial charge in [-0.3, -0.25) is 0 Å². The van der Waals surface area contributed by atoms with E-state index in [1.807, 2.05) is 0 Å². The Kier molecular flexibility index (Phi) is 4.87. The van der Waals surface area contributed by atoms with Crippen molar-refractivity contribution in [3.05, 3.63) is 53.5 Å². The fraction of sp³-hybridized carbons (Fsp3) is 0.312. The van der Waals surface area contributed by atoms with Gasteiger partial charge in [-0.25, -0.2) is 14.8 Å². The van der Waals surface area contributed by atoms with Crippen LogP contribution in [0.3, 0.4) is 0 Å². The summed E-state index contributed by atoms with van der Waals surface area (Å²) >= 11 is 0. The highest BCUT2D eigenvalue weighted by Gasteiger charge is 2.07. The molecule has 0 aliphatic heterocycles. The van der Waals surface area contributed by atoms with Crippen molar-refractivity contribution in [1.29, 1.82) is 0 Å². The van der Waals surface area contributed by atoms with E-state index in [0.717, 1.165) is 0 Å². The topological polar surface area (TPSA) is 64.1 Å². The highest BCUT2D eigenvalue weighted by Crippen LogP contribution is 2.15. The van der Waals surface area contributed by atoms with Gasteiger partial charge < -0.3 is 10.1 Å². The monoisotopic (exact) mass is 285 g/mol. The Bertz CT molecular complexity index is 592. The number of nitrogens with zero attached hydrogens (tertiary/aromatic N) is 2. The molecular formula is C16H19N3O2. The maximum atomic E-state index is 11.2. The maximum absolute atomic E-state index is 11.2. The SMILES string of the molecule is COC(=O)c1cnc(NCc2ccc(C(C)C)cc2)cn1. The minimum absolute atomic E-state index is 0.198. The molecular weight excluding hydrogens is 266 g/mol. The molecule has 0 radical (unpaired) electrons. The molecule has 2 aromatic rings. The molecule has 0 unspecified atom stereocenters. The van der Waals surface area contributed by atoms with Gasteiger partial charge >= 0.3 is 5.97 Å². The van der Waals surface area contributed by atoms with Crippen molar-refractivity contribution in [3.63, 3.8) is 0 Å². The molecule has 5 nitrogen and oxygen atoms in total. The predicted octanol–water partition coefficient (Wildman–Crippen LogP) is 3.00. The first kappa shape index (κ1) is 15.0. The third kappa shape index (κ3) is 4.02. The Morgan fingerprint density at radius 2 is 1.90 bits per heavy atom. The summed E-state index contributed by atoms with van der Waals surface area (Å²) < 4.78 is 4.57. The highest BCUT2D eigenvalue weighted by atomic mass is 16.5. The lowest BCUT2D eigenvalue weighted by atomic mass is 10.0. The molecule has 1 heterocycles. The number of ether oxygens (including phenoxy) is 1. The van der Waals surface area contributed by atoms with E-state index in [-0.39, 0.29) is 5.69 Å². The normalized spacial score (nSPS) is 10.5. The third-order valence-electron chi connectivity index (χ3n) is 3.17. The predicted molar refractivity (Wildman–Crippen MR) is 81.2 cm³/mol. The van der Waals surface area contributed by atoms with Crippen LogP contribution >= 0.6 is 0 Å². The van der Waals surface area contributed by atoms with Crippen LogP contribution in [0.2, 0.25) is 0 Å². The summed E-state index contributed by atoms with van der Waals surface area (Å²) in [6.07, 6.45) is 2.92. The van der Waals surface area contributed by atoms with Gasteiger partial charge in [-0.1, -0.05) is 38.1 Å². The summed E-state index contributed by atoms with van der Waals surface area (Å²) in [7, 11) is 1.32. The molecule has 1 aromatic heterocycles. The summed E-state index contributed by atoms with van der Waals surface area (Å²) in [4.78, 5) is 19.4. The second-order valence-corrected chi connectivity index (χ2v) is 5.03. The Labute approximate surface area is 124 Å². The molecule has 21 heavy (non-hydrogen) atoms. The van der Waals surface area contributed by atoms with E-state index in [4.69, 9.17) is 0 Å². The van der Waals surface area contributed by atoms with E-state index >= 15 is 0 Å². The molecule has 0 fully saturated rings. The van der Waals surface area contributed by atoms with Gasteiger partial charge in [0.15, 0.2) is 5.69 Å². The smallest absolute Gasteiger partial charge is 0.358 e. The van der Waals surface area contributed by atoms with Gasteiger partial charge in [-0.15, -0.1) is 0 Å². The number of hydrogen-bond donors (Lipinski definition) is 1. The minimum atomic E-state index is -0.488. The molecule has 0 saturated carbocycles. The van der Waals surface area contributed by atoms with Crippen molar-refractivity contribution in [1.82, 2.24) is 9.97 Å². The van der Waals surface area contributed by atoms with Crippen molar-refractivity contribution in [2.75, 3.05) is 12.4 Å². The van der Waals surface area contributed by atoms with Crippen molar-refractivity contribution in [2.45, 2.75) is 26.3 Å². The lowest BCUT2D eigenvalue weighted by molar-refractivity contribution is 0.0593. The van der Waals surface area contributed by atoms with Crippen LogP contribution in [0.4, 0.5) is 5.82 Å². The summed E-state index contributed by atoms with van der Waals surface area (Å²) in [6, 6.07) is 8.46. The zero-order valence-electron chi connectivity index (χ0n) is 12.5. The van der Waals surface area contributed by atoms with Gasteiger partial charge in [0.2, 0.25) is 0 Å². The van der Waals surface area contributed by atoms with Gasteiger partial charge in [0, 0.05) is 6.54 Å². The number of carbonyl (C=O) groups excluding carboxylic acids is 1. The van der Waals surface area contributed by atoms with Crippen LogP contribution in [0.5, 0.6) is 0 Å². The van der Waals surface area contributed by atoms with E-state index in [1.54, 1.807) is 0 Å². The standard InChI is InChI=1S/C16H19N3O2/c1-11(2)13-6-4-12(5-7-13)8-18-15-10-17-14(9-19-15)16(20)21-3/h4-7,9-11H,8H2,1-3H3,(H,18,19). The number of methoxy groups -OCH3 is 1. The number of aromatic nitrogens is 2. The van der Waals surface area contributed by atoms with E-state index in [2.05, 4.69) is 58.1 Å². The van der Waals surface area contributed by atoms with Crippen LogP contribution in [0.25, 0.3) is 0 Å². The van der Waals surface area contributed by atoms with Crippen LogP contribution in [-0.2, 0) is 11.3 Å². The molecule has 1 aromatic carbocycles. The largest absolute Gasteiger partial charge is 0.464 e. The van der Waals surface area contributed by atoms with Gasteiger partial charge in [0.05, 0.1) is 19.5 Å². The highest BCUT2D eigenvalue weighted by molar-refractivity contribution is 5.86. The third-order valence-corrected chi connectivity index (χ3v) is 3.17. The molecule has 0 aliphatic carbocycles. The van der Waals surface area contributed by atoms with Crippen molar-refractivity contribution >= 4 is 11.8 Å². The number of esters is 1. The van der Waals surface area contributed by atoms with Gasteiger partial charge in [-0.2, -0.15) is 0 Å². The fourth-order valence-corrected chi connectivity index (χ4v) is 1.84. The molecule has 5 heteroatoms. The fourth-order valence-electron chi connectivity index (χ4n) is 1.84. The molecule has 2 rings (SSSR count). The number of benzene rings is 1. The van der Waals surface area contributed by atoms with Crippen molar-refractivity contribution in [2.24, 2.45) is 0 Å². The average molecular weight is 285 g/mol. The molecule has 110 valence electrons. The van der Waals surface area contributed by atoms with E-state index < -0.39 is 5.97 Å². The van der Waals surface area contributed by atoms with Crippen LogP contribution in [0.15, 0.2) is 36.7 Å². The molecule has 0 atom stereocenters.